The van der Waals surface area contributed by atoms with Crippen LogP contribution in [0.25, 0.3) is 11.0 Å². The van der Waals surface area contributed by atoms with Crippen LogP contribution in [0.3, 0.4) is 0 Å². The van der Waals surface area contributed by atoms with Gasteiger partial charge in [0.25, 0.3) is 5.56 Å². The third-order valence-corrected chi connectivity index (χ3v) is 3.41. The van der Waals surface area contributed by atoms with E-state index in [9.17, 15) is 4.79 Å². The van der Waals surface area contributed by atoms with E-state index in [0.29, 0.717) is 12.1 Å². The molecule has 0 radical (unpaired) electrons. The summed E-state index contributed by atoms with van der Waals surface area (Å²) in [5.41, 5.74) is 2.28. The number of halogens is 1. The Kier molecular flexibility index (Phi) is 2.76. The van der Waals surface area contributed by atoms with Gasteiger partial charge in [-0.3, -0.25) is 4.79 Å². The molecule has 18 heavy (non-hydrogen) atoms. The molecular formula is C13H10BrN3O. The topological polar surface area (TPSA) is 50.7 Å². The molecule has 0 aliphatic heterocycles. The largest absolute Gasteiger partial charge is 0.326 e. The highest BCUT2D eigenvalue weighted by molar-refractivity contribution is 9.10. The van der Waals surface area contributed by atoms with Crippen LogP contribution in [0, 0.1) is 0 Å². The van der Waals surface area contributed by atoms with Crippen molar-refractivity contribution in [2.24, 2.45) is 0 Å². The molecule has 2 heterocycles. The first-order valence-electron chi connectivity index (χ1n) is 5.51. The molecular weight excluding hydrogens is 294 g/mol. The Morgan fingerprint density at radius 2 is 2.06 bits per heavy atom. The van der Waals surface area contributed by atoms with E-state index in [0.717, 1.165) is 9.99 Å². The van der Waals surface area contributed by atoms with Crippen LogP contribution in [0.15, 0.2) is 52.1 Å². The summed E-state index contributed by atoms with van der Waals surface area (Å²) in [5.74, 6) is 0. The van der Waals surface area contributed by atoms with E-state index < -0.39 is 0 Å². The predicted octanol–water partition coefficient (Wildman–Crippen LogP) is 2.54. The number of hydrogen-bond acceptors (Lipinski definition) is 2. The molecule has 90 valence electrons. The number of H-pyrrole nitrogens is 1. The monoisotopic (exact) mass is 303 g/mol. The van der Waals surface area contributed by atoms with E-state index in [4.69, 9.17) is 0 Å². The van der Waals surface area contributed by atoms with Gasteiger partial charge in [0.15, 0.2) is 5.52 Å². The molecule has 0 aliphatic carbocycles. The summed E-state index contributed by atoms with van der Waals surface area (Å²) in [6.07, 6.45) is 3.34. The van der Waals surface area contributed by atoms with Crippen LogP contribution in [-0.2, 0) is 6.54 Å². The quantitative estimate of drug-likeness (QED) is 0.791. The van der Waals surface area contributed by atoms with E-state index in [-0.39, 0.29) is 5.56 Å². The lowest BCUT2D eigenvalue weighted by Crippen LogP contribution is -2.06. The number of rotatable bonds is 2. The van der Waals surface area contributed by atoms with E-state index in [1.54, 1.807) is 12.5 Å². The van der Waals surface area contributed by atoms with Crippen molar-refractivity contribution < 1.29 is 0 Å². The number of nitrogens with one attached hydrogen (secondary N) is 1. The maximum atomic E-state index is 11.6. The van der Waals surface area contributed by atoms with Gasteiger partial charge in [0.1, 0.15) is 0 Å². The predicted molar refractivity (Wildman–Crippen MR) is 73.6 cm³/mol. The molecule has 0 saturated heterocycles. The number of pyridine rings is 1. The van der Waals surface area contributed by atoms with Crippen LogP contribution in [0.5, 0.6) is 0 Å². The molecule has 0 spiro atoms. The average molecular weight is 304 g/mol. The molecule has 1 aromatic carbocycles. The van der Waals surface area contributed by atoms with E-state index in [2.05, 4.69) is 25.9 Å². The second kappa shape index (κ2) is 4.42. The number of aromatic nitrogens is 3. The minimum Gasteiger partial charge on any atom is -0.326 e. The Morgan fingerprint density at radius 3 is 2.83 bits per heavy atom. The summed E-state index contributed by atoms with van der Waals surface area (Å²) in [4.78, 5) is 18.5. The Balaban J connectivity index is 2.14. The average Bonchev–Trinajstić information content (AvgIpc) is 2.80. The van der Waals surface area contributed by atoms with Crippen molar-refractivity contribution in [2.45, 2.75) is 6.54 Å². The fraction of sp³-hybridized carbons (Fsp3) is 0.0769. The Morgan fingerprint density at radius 1 is 1.28 bits per heavy atom. The minimum absolute atomic E-state index is 0.167. The van der Waals surface area contributed by atoms with Gasteiger partial charge in [-0.25, -0.2) is 4.98 Å². The highest BCUT2D eigenvalue weighted by Gasteiger charge is 2.09. The Hall–Kier alpha value is -1.88. The van der Waals surface area contributed by atoms with E-state index in [1.165, 1.54) is 5.56 Å². The number of nitrogens with zero attached hydrogens (tertiary/aromatic N) is 2. The molecule has 0 amide bonds. The zero-order chi connectivity index (χ0) is 12.5. The third kappa shape index (κ3) is 1.86. The van der Waals surface area contributed by atoms with Crippen molar-refractivity contribution in [1.29, 1.82) is 0 Å². The van der Waals surface area contributed by atoms with Crippen molar-refractivity contribution >= 4 is 27.0 Å². The number of benzene rings is 1. The van der Waals surface area contributed by atoms with E-state index in [1.807, 2.05) is 34.9 Å². The maximum absolute atomic E-state index is 11.6. The second-order valence-corrected chi connectivity index (χ2v) is 4.88. The van der Waals surface area contributed by atoms with Gasteiger partial charge in [0.05, 0.1) is 16.3 Å². The molecule has 0 aliphatic rings. The number of aromatic amines is 1. The Bertz CT molecular complexity index is 746. The molecule has 5 heteroatoms. The molecule has 4 nitrogen and oxygen atoms in total. The lowest BCUT2D eigenvalue weighted by atomic mass is 10.2. The van der Waals surface area contributed by atoms with Gasteiger partial charge in [-0.2, -0.15) is 0 Å². The highest BCUT2D eigenvalue weighted by atomic mass is 79.9. The zero-order valence-electron chi connectivity index (χ0n) is 9.43. The van der Waals surface area contributed by atoms with Crippen LogP contribution >= 0.6 is 15.9 Å². The molecule has 3 aromatic rings. The van der Waals surface area contributed by atoms with Gasteiger partial charge in [-0.05, 0) is 21.5 Å². The summed E-state index contributed by atoms with van der Waals surface area (Å²) >= 11 is 3.44. The van der Waals surface area contributed by atoms with Gasteiger partial charge in [-0.1, -0.05) is 30.3 Å². The second-order valence-electron chi connectivity index (χ2n) is 4.02. The SMILES string of the molecule is O=c1[nH]cc(Br)c2c1ncn2Cc1ccccc1. The summed E-state index contributed by atoms with van der Waals surface area (Å²) in [6, 6.07) is 10.1. The maximum Gasteiger partial charge on any atom is 0.276 e. The summed E-state index contributed by atoms with van der Waals surface area (Å²) in [5, 5.41) is 0. The lowest BCUT2D eigenvalue weighted by Gasteiger charge is -2.05. The molecule has 3 rings (SSSR count). The minimum atomic E-state index is -0.167. The summed E-state index contributed by atoms with van der Waals surface area (Å²) in [6.45, 7) is 0.694. The van der Waals surface area contributed by atoms with Crippen molar-refractivity contribution in [3.63, 3.8) is 0 Å². The van der Waals surface area contributed by atoms with Crippen LogP contribution in [-0.4, -0.2) is 14.5 Å². The first-order valence-corrected chi connectivity index (χ1v) is 6.31. The summed E-state index contributed by atoms with van der Waals surface area (Å²) < 4.78 is 2.80. The van der Waals surface area contributed by atoms with Crippen LogP contribution < -0.4 is 5.56 Å². The van der Waals surface area contributed by atoms with Gasteiger partial charge in [0.2, 0.25) is 0 Å². The lowest BCUT2D eigenvalue weighted by molar-refractivity contribution is 0.823. The number of fused-ring (bicyclic) bond motifs is 1. The van der Waals surface area contributed by atoms with Crippen LogP contribution in [0.1, 0.15) is 5.56 Å². The highest BCUT2D eigenvalue weighted by Crippen LogP contribution is 2.20. The first-order chi connectivity index (χ1) is 8.75. The third-order valence-electron chi connectivity index (χ3n) is 2.80. The van der Waals surface area contributed by atoms with Gasteiger partial charge >= 0.3 is 0 Å². The fourth-order valence-electron chi connectivity index (χ4n) is 1.96. The van der Waals surface area contributed by atoms with Gasteiger partial charge in [-0.15, -0.1) is 0 Å². The molecule has 0 unspecified atom stereocenters. The van der Waals surface area contributed by atoms with Gasteiger partial charge in [0, 0.05) is 12.7 Å². The summed E-state index contributed by atoms with van der Waals surface area (Å²) in [7, 11) is 0. The molecule has 1 N–H and O–H groups in total. The number of imidazole rings is 1. The number of hydrogen-bond donors (Lipinski definition) is 1. The standard InChI is InChI=1S/C13H10BrN3O/c14-10-6-15-13(18)11-12(10)17(8-16-11)7-9-4-2-1-3-5-9/h1-6,8H,7H2,(H,15,18). The first kappa shape index (κ1) is 11.2. The molecule has 0 atom stereocenters. The zero-order valence-corrected chi connectivity index (χ0v) is 11.0. The normalized spacial score (nSPS) is 10.9. The van der Waals surface area contributed by atoms with Crippen LogP contribution in [0.4, 0.5) is 0 Å². The van der Waals surface area contributed by atoms with E-state index >= 15 is 0 Å². The van der Waals surface area contributed by atoms with Crippen molar-refractivity contribution in [2.75, 3.05) is 0 Å². The van der Waals surface area contributed by atoms with Crippen molar-refractivity contribution in [3.8, 4) is 0 Å². The molecule has 0 fully saturated rings. The Labute approximate surface area is 111 Å². The fourth-order valence-corrected chi connectivity index (χ4v) is 2.49. The van der Waals surface area contributed by atoms with Crippen molar-refractivity contribution in [1.82, 2.24) is 14.5 Å². The van der Waals surface area contributed by atoms with Crippen molar-refractivity contribution in [3.05, 3.63) is 63.2 Å². The smallest absolute Gasteiger partial charge is 0.276 e. The molecule has 2 aromatic heterocycles. The van der Waals surface area contributed by atoms with Gasteiger partial charge < -0.3 is 9.55 Å². The molecule has 0 bridgehead atoms. The van der Waals surface area contributed by atoms with Crippen LogP contribution in [0.2, 0.25) is 0 Å². The molecule has 0 saturated carbocycles.